The van der Waals surface area contributed by atoms with Gasteiger partial charge >= 0.3 is 11.2 Å². The highest BCUT2D eigenvalue weighted by molar-refractivity contribution is 6.24. The van der Waals surface area contributed by atoms with E-state index in [2.05, 4.69) is 103 Å². The molecule has 0 saturated carbocycles. The molecule has 6 rings (SSSR count). The second kappa shape index (κ2) is 5.90. The van der Waals surface area contributed by atoms with Crippen LogP contribution in [-0.2, 0) is 0 Å². The van der Waals surface area contributed by atoms with Crippen molar-refractivity contribution in [2.24, 2.45) is 0 Å². The van der Waals surface area contributed by atoms with Crippen LogP contribution in [0.25, 0.3) is 54.6 Å². The molecule has 5 aromatic carbocycles. The van der Waals surface area contributed by atoms with Crippen molar-refractivity contribution in [3.8, 4) is 11.1 Å². The summed E-state index contributed by atoms with van der Waals surface area (Å²) in [6, 6.07) is 36.2. The fourth-order valence-corrected chi connectivity index (χ4v) is 4.33. The molecule has 130 valence electrons. The number of hydrogen-bond acceptors (Lipinski definition) is 0. The van der Waals surface area contributed by atoms with Crippen molar-refractivity contribution in [3.05, 3.63) is 103 Å². The lowest BCUT2D eigenvalue weighted by atomic mass is 9.91. The summed E-state index contributed by atoms with van der Waals surface area (Å²) in [6.07, 6.45) is 0. The Kier molecular flexibility index (Phi) is 3.24. The summed E-state index contributed by atoms with van der Waals surface area (Å²) < 4.78 is 6.42. The van der Waals surface area contributed by atoms with Gasteiger partial charge in [-0.1, -0.05) is 78.9 Å². The highest BCUT2D eigenvalue weighted by Gasteiger charge is 2.23. The van der Waals surface area contributed by atoms with Crippen molar-refractivity contribution in [1.29, 1.82) is 0 Å². The van der Waals surface area contributed by atoms with Crippen LogP contribution in [0.15, 0.2) is 108 Å². The van der Waals surface area contributed by atoms with Gasteiger partial charge in [0.05, 0.1) is 10.8 Å². The maximum Gasteiger partial charge on any atom is 0.362 e. The van der Waals surface area contributed by atoms with Crippen LogP contribution in [0, 0.1) is 0 Å². The number of benzene rings is 5. The van der Waals surface area contributed by atoms with Crippen LogP contribution >= 0.6 is 0 Å². The summed E-state index contributed by atoms with van der Waals surface area (Å²) in [7, 11) is 0. The van der Waals surface area contributed by atoms with Crippen molar-refractivity contribution in [3.63, 3.8) is 0 Å². The Morgan fingerprint density at radius 2 is 0.929 bits per heavy atom. The first-order valence-corrected chi connectivity index (χ1v) is 9.54. The summed E-state index contributed by atoms with van der Waals surface area (Å²) >= 11 is 0. The van der Waals surface area contributed by atoms with Crippen LogP contribution in [-0.4, -0.2) is 0 Å². The predicted molar refractivity (Wildman–Crippen MR) is 119 cm³/mol. The number of rotatable bonds is 1. The van der Waals surface area contributed by atoms with Crippen molar-refractivity contribution in [2.75, 3.05) is 0 Å². The molecule has 1 aromatic heterocycles. The van der Waals surface area contributed by atoms with E-state index in [1.165, 1.54) is 43.4 Å². The van der Waals surface area contributed by atoms with Gasteiger partial charge in [-0.05, 0) is 39.2 Å². The minimum absolute atomic E-state index is 0.917. The topological polar surface area (TPSA) is 11.3 Å². The fourth-order valence-electron chi connectivity index (χ4n) is 4.33. The highest BCUT2D eigenvalue weighted by atomic mass is 16.3. The predicted octanol–water partition coefficient (Wildman–Crippen LogP) is 7.84. The second-order valence-electron chi connectivity index (χ2n) is 7.16. The SMILES string of the molecule is c1ccc(-c2c3c(ccc4ccccc43)[o+]c3ccc4ccccc4c23)cc1. The van der Waals surface area contributed by atoms with Crippen molar-refractivity contribution in [2.45, 2.75) is 0 Å². The van der Waals surface area contributed by atoms with Gasteiger partial charge in [0.2, 0.25) is 0 Å². The maximum atomic E-state index is 6.42. The van der Waals surface area contributed by atoms with Crippen LogP contribution in [0.4, 0.5) is 0 Å². The fraction of sp³-hybridized carbons (Fsp3) is 0. The second-order valence-corrected chi connectivity index (χ2v) is 7.16. The molecule has 0 aliphatic heterocycles. The summed E-state index contributed by atoms with van der Waals surface area (Å²) in [5.41, 5.74) is 4.28. The molecule has 0 aliphatic carbocycles. The van der Waals surface area contributed by atoms with E-state index >= 15 is 0 Å². The Morgan fingerprint density at radius 1 is 0.429 bits per heavy atom. The molecule has 0 saturated heterocycles. The average molecular weight is 357 g/mol. The molecule has 1 heterocycles. The first-order valence-electron chi connectivity index (χ1n) is 9.54. The van der Waals surface area contributed by atoms with E-state index in [0.717, 1.165) is 11.2 Å². The lowest BCUT2D eigenvalue weighted by Gasteiger charge is -2.10. The van der Waals surface area contributed by atoms with Crippen molar-refractivity contribution < 1.29 is 4.42 Å². The Labute approximate surface area is 162 Å². The Morgan fingerprint density at radius 3 is 1.50 bits per heavy atom. The Hall–Kier alpha value is -3.71. The van der Waals surface area contributed by atoms with E-state index in [-0.39, 0.29) is 0 Å². The Balaban J connectivity index is 1.97. The standard InChI is InChI=1S/C27H17O/c1-2-10-20(11-3-1)25-26-21-12-6-4-8-18(21)14-16-23(26)28-24-17-15-19-9-5-7-13-22(19)27(24)25/h1-17H/q+1. The molecule has 1 heteroatoms. The van der Waals surface area contributed by atoms with Gasteiger partial charge in [0.15, 0.2) is 0 Å². The zero-order valence-corrected chi connectivity index (χ0v) is 15.2. The molecule has 0 N–H and O–H groups in total. The normalized spacial score (nSPS) is 11.6. The van der Waals surface area contributed by atoms with Gasteiger partial charge in [-0.15, -0.1) is 0 Å². The summed E-state index contributed by atoms with van der Waals surface area (Å²) in [4.78, 5) is 0. The molecular weight excluding hydrogens is 340 g/mol. The van der Waals surface area contributed by atoms with Crippen LogP contribution in [0.2, 0.25) is 0 Å². The molecular formula is C27H17O+. The molecule has 28 heavy (non-hydrogen) atoms. The van der Waals surface area contributed by atoms with E-state index in [1.54, 1.807) is 0 Å². The Bertz CT molecular complexity index is 1400. The monoisotopic (exact) mass is 357 g/mol. The number of hydrogen-bond donors (Lipinski definition) is 0. The van der Waals surface area contributed by atoms with E-state index in [4.69, 9.17) is 4.42 Å². The first kappa shape index (κ1) is 15.4. The van der Waals surface area contributed by atoms with Crippen LogP contribution in [0.1, 0.15) is 0 Å². The van der Waals surface area contributed by atoms with Gasteiger partial charge < -0.3 is 0 Å². The zero-order valence-electron chi connectivity index (χ0n) is 15.2. The van der Waals surface area contributed by atoms with Gasteiger partial charge in [0, 0.05) is 17.7 Å². The third-order valence-electron chi connectivity index (χ3n) is 5.56. The third-order valence-corrected chi connectivity index (χ3v) is 5.56. The minimum Gasteiger partial charge on any atom is -0.207 e. The summed E-state index contributed by atoms with van der Waals surface area (Å²) in [5.74, 6) is 0. The average Bonchev–Trinajstić information content (AvgIpc) is 2.78. The van der Waals surface area contributed by atoms with Crippen LogP contribution < -0.4 is 0 Å². The smallest absolute Gasteiger partial charge is 0.207 e. The molecule has 0 atom stereocenters. The molecule has 6 aromatic rings. The van der Waals surface area contributed by atoms with Gasteiger partial charge in [-0.25, -0.2) is 4.42 Å². The zero-order chi connectivity index (χ0) is 18.5. The largest absolute Gasteiger partial charge is 0.362 e. The number of fused-ring (bicyclic) bond motifs is 6. The van der Waals surface area contributed by atoms with E-state index in [0.29, 0.717) is 0 Å². The quantitative estimate of drug-likeness (QED) is 0.166. The summed E-state index contributed by atoms with van der Waals surface area (Å²) in [5, 5.41) is 7.24. The molecule has 0 spiro atoms. The molecule has 0 bridgehead atoms. The first-order chi connectivity index (χ1) is 13.9. The maximum absolute atomic E-state index is 6.42. The molecule has 0 radical (unpaired) electrons. The third kappa shape index (κ3) is 2.17. The van der Waals surface area contributed by atoms with Gasteiger partial charge in [-0.3, -0.25) is 0 Å². The van der Waals surface area contributed by atoms with E-state index in [1.807, 2.05) is 0 Å². The lowest BCUT2D eigenvalue weighted by molar-refractivity contribution is 0.662. The van der Waals surface area contributed by atoms with Crippen LogP contribution in [0.5, 0.6) is 0 Å². The van der Waals surface area contributed by atoms with Crippen molar-refractivity contribution in [1.82, 2.24) is 0 Å². The van der Waals surface area contributed by atoms with Gasteiger partial charge in [0.25, 0.3) is 0 Å². The highest BCUT2D eigenvalue weighted by Crippen LogP contribution is 2.42. The molecule has 0 unspecified atom stereocenters. The van der Waals surface area contributed by atoms with Crippen LogP contribution in [0.3, 0.4) is 0 Å². The summed E-state index contributed by atoms with van der Waals surface area (Å²) in [6.45, 7) is 0. The molecule has 1 nitrogen and oxygen atoms in total. The minimum atomic E-state index is 0.917. The van der Waals surface area contributed by atoms with Crippen molar-refractivity contribution >= 4 is 43.5 Å². The van der Waals surface area contributed by atoms with E-state index < -0.39 is 0 Å². The lowest BCUT2D eigenvalue weighted by Crippen LogP contribution is -1.89. The van der Waals surface area contributed by atoms with E-state index in [9.17, 15) is 0 Å². The molecule has 0 fully saturated rings. The van der Waals surface area contributed by atoms with Gasteiger partial charge in [0.1, 0.15) is 0 Å². The van der Waals surface area contributed by atoms with Gasteiger partial charge in [-0.2, -0.15) is 0 Å². The molecule has 0 amide bonds. The molecule has 0 aliphatic rings.